The summed E-state index contributed by atoms with van der Waals surface area (Å²) in [4.78, 5) is 12.8. The van der Waals surface area contributed by atoms with Crippen LogP contribution in [0.5, 0.6) is 0 Å². The highest BCUT2D eigenvalue weighted by Crippen LogP contribution is 2.25. The molecule has 0 aromatic heterocycles. The molecule has 0 spiro atoms. The Balaban J connectivity index is 2.19. The van der Waals surface area contributed by atoms with Crippen molar-refractivity contribution in [1.29, 1.82) is 0 Å². The molecule has 0 aliphatic heterocycles. The summed E-state index contributed by atoms with van der Waals surface area (Å²) in [7, 11) is -6.97. The molecule has 0 aliphatic rings. The van der Waals surface area contributed by atoms with Gasteiger partial charge in [0.2, 0.25) is 15.9 Å². The number of anilines is 1. The first-order valence-corrected chi connectivity index (χ1v) is 12.7. The lowest BCUT2D eigenvalue weighted by Crippen LogP contribution is -2.41. The number of carbonyl (C=O) groups is 1. The van der Waals surface area contributed by atoms with E-state index >= 15 is 0 Å². The topological polar surface area (TPSA) is 101 Å². The van der Waals surface area contributed by atoms with E-state index in [1.165, 1.54) is 12.1 Å². The summed E-state index contributed by atoms with van der Waals surface area (Å²) in [5, 5.41) is 2.77. The predicted octanol–water partition coefficient (Wildman–Crippen LogP) is 2.35. The molecule has 0 saturated heterocycles. The van der Waals surface area contributed by atoms with Crippen molar-refractivity contribution in [2.45, 2.75) is 31.7 Å². The van der Waals surface area contributed by atoms with Gasteiger partial charge in [-0.15, -0.1) is 0 Å². The molecular formula is C20H26N2O5S2. The van der Waals surface area contributed by atoms with Crippen molar-refractivity contribution in [3.8, 4) is 0 Å². The molecule has 2 aromatic carbocycles. The summed E-state index contributed by atoms with van der Waals surface area (Å²) in [6.45, 7) is 5.08. The first-order chi connectivity index (χ1) is 13.3. The van der Waals surface area contributed by atoms with Crippen LogP contribution in [-0.2, 0) is 24.7 Å². The van der Waals surface area contributed by atoms with Gasteiger partial charge in [0.05, 0.1) is 22.9 Å². The molecule has 0 fully saturated rings. The lowest BCUT2D eigenvalue weighted by Gasteiger charge is -2.25. The van der Waals surface area contributed by atoms with Gasteiger partial charge in [0.15, 0.2) is 9.84 Å². The quantitative estimate of drug-likeness (QED) is 0.715. The van der Waals surface area contributed by atoms with Crippen LogP contribution in [0, 0.1) is 13.8 Å². The molecule has 0 heterocycles. The van der Waals surface area contributed by atoms with E-state index in [9.17, 15) is 21.6 Å². The lowest BCUT2D eigenvalue weighted by molar-refractivity contribution is -0.120. The maximum absolute atomic E-state index is 12.6. The first-order valence-electron chi connectivity index (χ1n) is 8.94. The van der Waals surface area contributed by atoms with Gasteiger partial charge in [-0.05, 0) is 55.7 Å². The van der Waals surface area contributed by atoms with Gasteiger partial charge < -0.3 is 5.32 Å². The molecule has 0 radical (unpaired) electrons. The minimum Gasteiger partial charge on any atom is -0.348 e. The number of aryl methyl sites for hydroxylation is 1. The number of amides is 1. The van der Waals surface area contributed by atoms with Crippen molar-refractivity contribution in [2.24, 2.45) is 0 Å². The van der Waals surface area contributed by atoms with Crippen LogP contribution in [0.15, 0.2) is 47.4 Å². The molecule has 1 N–H and O–H groups in total. The Morgan fingerprint density at radius 3 is 2.10 bits per heavy atom. The van der Waals surface area contributed by atoms with E-state index in [1.54, 1.807) is 31.2 Å². The van der Waals surface area contributed by atoms with Crippen LogP contribution in [0.25, 0.3) is 0 Å². The average molecular weight is 439 g/mol. The fourth-order valence-corrected chi connectivity index (χ4v) is 4.43. The van der Waals surface area contributed by atoms with Gasteiger partial charge in [0.1, 0.15) is 6.54 Å². The van der Waals surface area contributed by atoms with Gasteiger partial charge in [-0.3, -0.25) is 9.10 Å². The Morgan fingerprint density at radius 1 is 1.00 bits per heavy atom. The highest BCUT2D eigenvalue weighted by atomic mass is 32.2. The minimum absolute atomic E-state index is 0.193. The molecular weight excluding hydrogens is 412 g/mol. The third kappa shape index (κ3) is 5.80. The third-order valence-electron chi connectivity index (χ3n) is 4.72. The standard InChI is InChI=1S/C20H26N2O5S2/c1-14-7-6-8-19(15(14)2)22(29(5,26)27)13-20(23)21-16(3)17-9-11-18(12-10-17)28(4,24)25/h6-12,16H,13H2,1-5H3,(H,21,23). The van der Waals surface area contributed by atoms with Crippen LogP contribution in [0.1, 0.15) is 29.7 Å². The summed E-state index contributed by atoms with van der Waals surface area (Å²) >= 11 is 0. The minimum atomic E-state index is -3.67. The van der Waals surface area contributed by atoms with Gasteiger partial charge in [-0.1, -0.05) is 24.3 Å². The maximum Gasteiger partial charge on any atom is 0.241 e. The highest BCUT2D eigenvalue weighted by molar-refractivity contribution is 7.92. The number of sulfone groups is 1. The van der Waals surface area contributed by atoms with E-state index in [0.717, 1.165) is 27.9 Å². The second-order valence-corrected chi connectivity index (χ2v) is 11.0. The molecule has 0 saturated carbocycles. The Labute approximate surface area is 172 Å². The normalized spacial score (nSPS) is 13.0. The van der Waals surface area contributed by atoms with Gasteiger partial charge >= 0.3 is 0 Å². The van der Waals surface area contributed by atoms with E-state index < -0.39 is 31.8 Å². The monoisotopic (exact) mass is 438 g/mol. The molecule has 1 unspecified atom stereocenters. The van der Waals surface area contributed by atoms with E-state index in [-0.39, 0.29) is 11.4 Å². The third-order valence-corrected chi connectivity index (χ3v) is 6.97. The predicted molar refractivity (Wildman–Crippen MR) is 114 cm³/mol. The van der Waals surface area contributed by atoms with E-state index in [4.69, 9.17) is 0 Å². The molecule has 0 aliphatic carbocycles. The first kappa shape index (κ1) is 22.9. The fourth-order valence-electron chi connectivity index (χ4n) is 2.89. The molecule has 7 nitrogen and oxygen atoms in total. The zero-order valence-electron chi connectivity index (χ0n) is 17.1. The maximum atomic E-state index is 12.6. The van der Waals surface area contributed by atoms with Crippen molar-refractivity contribution in [3.05, 3.63) is 59.2 Å². The zero-order chi connectivity index (χ0) is 22.0. The number of hydrogen-bond donors (Lipinski definition) is 1. The molecule has 1 atom stereocenters. The van der Waals surface area contributed by atoms with Crippen LogP contribution >= 0.6 is 0 Å². The molecule has 9 heteroatoms. The second kappa shape index (κ2) is 8.54. The van der Waals surface area contributed by atoms with Crippen LogP contribution in [0.3, 0.4) is 0 Å². The SMILES string of the molecule is Cc1cccc(N(CC(=O)NC(C)c2ccc(S(C)(=O)=O)cc2)S(C)(=O)=O)c1C. The molecule has 0 bridgehead atoms. The molecule has 29 heavy (non-hydrogen) atoms. The lowest BCUT2D eigenvalue weighted by atomic mass is 10.1. The number of benzene rings is 2. The van der Waals surface area contributed by atoms with Crippen LogP contribution in [-0.4, -0.2) is 41.8 Å². The smallest absolute Gasteiger partial charge is 0.241 e. The van der Waals surface area contributed by atoms with Crippen molar-refractivity contribution in [1.82, 2.24) is 5.32 Å². The van der Waals surface area contributed by atoms with E-state index in [0.29, 0.717) is 11.3 Å². The Kier molecular flexibility index (Phi) is 6.74. The second-order valence-electron chi connectivity index (χ2n) is 7.12. The molecule has 2 rings (SSSR count). The average Bonchev–Trinajstić information content (AvgIpc) is 2.61. The Bertz CT molecular complexity index is 1110. The van der Waals surface area contributed by atoms with Crippen molar-refractivity contribution in [3.63, 3.8) is 0 Å². The van der Waals surface area contributed by atoms with Crippen molar-refractivity contribution >= 4 is 31.5 Å². The number of sulfonamides is 1. The zero-order valence-corrected chi connectivity index (χ0v) is 18.8. The molecule has 158 valence electrons. The summed E-state index contributed by atoms with van der Waals surface area (Å²) in [5.74, 6) is -0.462. The summed E-state index contributed by atoms with van der Waals surface area (Å²) in [5.41, 5.74) is 2.89. The van der Waals surface area contributed by atoms with Gasteiger partial charge in [-0.25, -0.2) is 16.8 Å². The van der Waals surface area contributed by atoms with E-state index in [2.05, 4.69) is 5.32 Å². The number of rotatable bonds is 7. The Morgan fingerprint density at radius 2 is 1.59 bits per heavy atom. The summed E-state index contributed by atoms with van der Waals surface area (Å²) in [6, 6.07) is 11.1. The van der Waals surface area contributed by atoms with Crippen LogP contribution in [0.4, 0.5) is 5.69 Å². The summed E-state index contributed by atoms with van der Waals surface area (Å²) < 4.78 is 48.8. The van der Waals surface area contributed by atoms with Gasteiger partial charge in [0, 0.05) is 6.26 Å². The van der Waals surface area contributed by atoms with Crippen LogP contribution in [0.2, 0.25) is 0 Å². The van der Waals surface area contributed by atoms with Crippen molar-refractivity contribution < 1.29 is 21.6 Å². The van der Waals surface area contributed by atoms with E-state index in [1.807, 2.05) is 19.9 Å². The number of nitrogens with one attached hydrogen (secondary N) is 1. The number of hydrogen-bond acceptors (Lipinski definition) is 5. The molecule has 1 amide bonds. The Hall–Kier alpha value is -2.39. The largest absolute Gasteiger partial charge is 0.348 e. The number of carbonyl (C=O) groups excluding carboxylic acids is 1. The number of nitrogens with zero attached hydrogens (tertiary/aromatic N) is 1. The van der Waals surface area contributed by atoms with Gasteiger partial charge in [-0.2, -0.15) is 0 Å². The summed E-state index contributed by atoms with van der Waals surface area (Å²) in [6.07, 6.45) is 2.19. The van der Waals surface area contributed by atoms with Crippen LogP contribution < -0.4 is 9.62 Å². The molecule has 2 aromatic rings. The van der Waals surface area contributed by atoms with Gasteiger partial charge in [0.25, 0.3) is 0 Å². The fraction of sp³-hybridized carbons (Fsp3) is 0.350. The highest BCUT2D eigenvalue weighted by Gasteiger charge is 2.23. The van der Waals surface area contributed by atoms with Crippen molar-refractivity contribution in [2.75, 3.05) is 23.4 Å².